The summed E-state index contributed by atoms with van der Waals surface area (Å²) >= 11 is 5.20. The van der Waals surface area contributed by atoms with Gasteiger partial charge in [-0.25, -0.2) is 0 Å². The van der Waals surface area contributed by atoms with E-state index in [4.69, 9.17) is 21.2 Å². The molecule has 0 aliphatic heterocycles. The van der Waals surface area contributed by atoms with Gasteiger partial charge in [0.2, 0.25) is 5.17 Å². The van der Waals surface area contributed by atoms with Crippen molar-refractivity contribution in [1.82, 2.24) is 0 Å². The summed E-state index contributed by atoms with van der Waals surface area (Å²) in [6.45, 7) is 0. The minimum absolute atomic E-state index is 0.0489. The molecule has 0 fully saturated rings. The molecule has 11 heavy (non-hydrogen) atoms. The molecule has 1 rings (SSSR count). The Morgan fingerprint density at radius 2 is 2.45 bits per heavy atom. The molecule has 0 aliphatic carbocycles. The van der Waals surface area contributed by atoms with Gasteiger partial charge < -0.3 is 9.62 Å². The molecule has 5 heteroatoms. The molecule has 4 nitrogen and oxygen atoms in total. The zero-order valence-corrected chi connectivity index (χ0v) is 6.08. The van der Waals surface area contributed by atoms with Crippen molar-refractivity contribution in [2.24, 2.45) is 5.16 Å². The first-order chi connectivity index (χ1) is 5.25. The van der Waals surface area contributed by atoms with E-state index in [1.54, 1.807) is 0 Å². The molecular weight excluding hydrogens is 170 g/mol. The third-order valence-electron chi connectivity index (χ3n) is 1.02. The molecule has 0 aromatic carbocycles. The van der Waals surface area contributed by atoms with E-state index in [1.807, 2.05) is 0 Å². The molecule has 0 atom stereocenters. The fourth-order valence-corrected chi connectivity index (χ4v) is 0.648. The number of ketones is 1. The Morgan fingerprint density at radius 3 is 2.91 bits per heavy atom. The summed E-state index contributed by atoms with van der Waals surface area (Å²) in [6.07, 6.45) is 1.33. The van der Waals surface area contributed by atoms with Gasteiger partial charge in [0, 0.05) is 0 Å². The van der Waals surface area contributed by atoms with Gasteiger partial charge in [-0.2, -0.15) is 0 Å². The van der Waals surface area contributed by atoms with Crippen LogP contribution in [-0.4, -0.2) is 16.2 Å². The second-order valence-electron chi connectivity index (χ2n) is 1.70. The van der Waals surface area contributed by atoms with Crippen molar-refractivity contribution in [3.8, 4) is 0 Å². The van der Waals surface area contributed by atoms with Crippen LogP contribution in [0, 0.1) is 0 Å². The van der Waals surface area contributed by atoms with Crippen molar-refractivity contribution in [2.75, 3.05) is 0 Å². The lowest BCUT2D eigenvalue weighted by Gasteiger charge is -1.88. The number of hydrogen-bond acceptors (Lipinski definition) is 4. The molecule has 58 valence electrons. The maximum atomic E-state index is 10.9. The Bertz CT molecular complexity index is 278. The number of carbonyl (C=O) groups excluding carboxylic acids is 1. The maximum absolute atomic E-state index is 10.9. The summed E-state index contributed by atoms with van der Waals surface area (Å²) < 4.78 is 4.69. The zero-order chi connectivity index (χ0) is 8.27. The van der Waals surface area contributed by atoms with Crippen LogP contribution in [0.3, 0.4) is 0 Å². The van der Waals surface area contributed by atoms with E-state index in [0.29, 0.717) is 0 Å². The number of halogens is 1. The van der Waals surface area contributed by atoms with Gasteiger partial charge in [0.05, 0.1) is 6.26 Å². The second-order valence-corrected chi connectivity index (χ2v) is 2.06. The predicted octanol–water partition coefficient (Wildman–Crippen LogP) is 1.49. The number of oxime groups is 1. The largest absolute Gasteiger partial charge is 0.461 e. The Balaban J connectivity index is 2.87. The van der Waals surface area contributed by atoms with Crippen molar-refractivity contribution in [3.05, 3.63) is 24.2 Å². The van der Waals surface area contributed by atoms with E-state index in [1.165, 1.54) is 18.4 Å². The Hall–Kier alpha value is -1.29. The summed E-state index contributed by atoms with van der Waals surface area (Å²) in [5, 5.41) is 10.1. The lowest BCUT2D eigenvalue weighted by Crippen LogP contribution is -2.06. The molecule has 0 unspecified atom stereocenters. The van der Waals surface area contributed by atoms with Crippen LogP contribution >= 0.6 is 11.6 Å². The molecule has 1 N–H and O–H groups in total. The molecule has 0 amide bonds. The number of nitrogens with zero attached hydrogens (tertiary/aromatic N) is 1. The van der Waals surface area contributed by atoms with Crippen molar-refractivity contribution in [1.29, 1.82) is 0 Å². The summed E-state index contributed by atoms with van der Waals surface area (Å²) in [7, 11) is 0. The fraction of sp³-hybridized carbons (Fsp3) is 0. The third kappa shape index (κ3) is 1.59. The van der Waals surface area contributed by atoms with E-state index in [-0.39, 0.29) is 5.76 Å². The maximum Gasteiger partial charge on any atom is 0.261 e. The molecule has 0 aliphatic rings. The fourth-order valence-electron chi connectivity index (χ4n) is 0.555. The van der Waals surface area contributed by atoms with Crippen LogP contribution in [0.2, 0.25) is 0 Å². The van der Waals surface area contributed by atoms with Gasteiger partial charge in [-0.1, -0.05) is 16.8 Å². The molecule has 1 aromatic rings. The average molecular weight is 174 g/mol. The normalized spacial score (nSPS) is 11.5. The minimum atomic E-state index is -0.640. The first-order valence-corrected chi connectivity index (χ1v) is 3.09. The first-order valence-electron chi connectivity index (χ1n) is 2.71. The molecular formula is C6H4ClNO3. The standard InChI is InChI=1S/C6H4ClNO3/c7-6(8-10)5(9)4-2-1-3-11-4/h1-3,10H/b8-6+. The highest BCUT2D eigenvalue weighted by molar-refractivity contribution is 6.84. The summed E-state index contributed by atoms with van der Waals surface area (Å²) in [5.74, 6) is -0.591. The van der Waals surface area contributed by atoms with Crippen LogP contribution in [0.15, 0.2) is 28.0 Å². The van der Waals surface area contributed by atoms with E-state index in [2.05, 4.69) is 5.16 Å². The van der Waals surface area contributed by atoms with Gasteiger partial charge in [-0.15, -0.1) is 0 Å². The lowest BCUT2D eigenvalue weighted by atomic mass is 10.3. The molecule has 0 bridgehead atoms. The Morgan fingerprint density at radius 1 is 1.73 bits per heavy atom. The zero-order valence-electron chi connectivity index (χ0n) is 5.32. The van der Waals surface area contributed by atoms with E-state index in [9.17, 15) is 4.79 Å². The SMILES string of the molecule is O=C(/C(Cl)=N\O)c1ccco1. The van der Waals surface area contributed by atoms with Gasteiger partial charge in [0.15, 0.2) is 5.76 Å². The highest BCUT2D eigenvalue weighted by atomic mass is 35.5. The summed E-state index contributed by atoms with van der Waals surface area (Å²) in [4.78, 5) is 10.9. The van der Waals surface area contributed by atoms with Crippen molar-refractivity contribution in [2.45, 2.75) is 0 Å². The number of furan rings is 1. The van der Waals surface area contributed by atoms with Crippen LogP contribution in [-0.2, 0) is 0 Å². The predicted molar refractivity (Wildman–Crippen MR) is 38.1 cm³/mol. The number of hydrogen-bond donors (Lipinski definition) is 1. The quantitative estimate of drug-likeness (QED) is 0.319. The van der Waals surface area contributed by atoms with Gasteiger partial charge in [-0.3, -0.25) is 4.79 Å². The van der Waals surface area contributed by atoms with E-state index < -0.39 is 11.0 Å². The average Bonchev–Trinajstić information content (AvgIpc) is 2.53. The number of Topliss-reactive ketones (excluding diaryl/α,β-unsaturated/α-hetero) is 1. The number of rotatable bonds is 2. The molecule has 1 heterocycles. The monoisotopic (exact) mass is 173 g/mol. The highest BCUT2D eigenvalue weighted by Gasteiger charge is 2.14. The smallest absolute Gasteiger partial charge is 0.261 e. The van der Waals surface area contributed by atoms with Gasteiger partial charge in [0.1, 0.15) is 0 Å². The molecule has 0 saturated carbocycles. The van der Waals surface area contributed by atoms with E-state index in [0.717, 1.165) is 0 Å². The molecule has 0 radical (unpaired) electrons. The van der Waals surface area contributed by atoms with Crippen LogP contribution in [0.4, 0.5) is 0 Å². The Kier molecular flexibility index (Phi) is 2.28. The van der Waals surface area contributed by atoms with Crippen LogP contribution < -0.4 is 0 Å². The van der Waals surface area contributed by atoms with Gasteiger partial charge in [0.25, 0.3) is 5.78 Å². The lowest BCUT2D eigenvalue weighted by molar-refractivity contribution is 0.104. The molecule has 1 aromatic heterocycles. The first kappa shape index (κ1) is 7.81. The Labute approximate surface area is 67.1 Å². The molecule has 0 saturated heterocycles. The second kappa shape index (κ2) is 3.21. The van der Waals surface area contributed by atoms with Crippen molar-refractivity contribution >= 4 is 22.6 Å². The third-order valence-corrected chi connectivity index (χ3v) is 1.27. The van der Waals surface area contributed by atoms with Crippen molar-refractivity contribution in [3.63, 3.8) is 0 Å². The van der Waals surface area contributed by atoms with Gasteiger partial charge in [-0.05, 0) is 12.1 Å². The summed E-state index contributed by atoms with van der Waals surface area (Å²) in [6, 6.07) is 2.96. The van der Waals surface area contributed by atoms with Crippen LogP contribution in [0.5, 0.6) is 0 Å². The molecule has 0 spiro atoms. The highest BCUT2D eigenvalue weighted by Crippen LogP contribution is 2.04. The van der Waals surface area contributed by atoms with Crippen LogP contribution in [0.25, 0.3) is 0 Å². The van der Waals surface area contributed by atoms with Gasteiger partial charge >= 0.3 is 0 Å². The summed E-state index contributed by atoms with van der Waals surface area (Å²) in [5.41, 5.74) is 0. The minimum Gasteiger partial charge on any atom is -0.461 e. The van der Waals surface area contributed by atoms with Crippen LogP contribution in [0.1, 0.15) is 10.6 Å². The van der Waals surface area contributed by atoms with Crippen molar-refractivity contribution < 1.29 is 14.4 Å². The number of carbonyl (C=O) groups is 1. The topological polar surface area (TPSA) is 62.8 Å². The van der Waals surface area contributed by atoms with E-state index >= 15 is 0 Å².